The smallest absolute Gasteiger partial charge is 0.225 e. The van der Waals surface area contributed by atoms with Gasteiger partial charge >= 0.3 is 0 Å². The molecule has 0 aromatic heterocycles. The average molecular weight is 275 g/mol. The SMILES string of the molecule is CNCc1ccccc1NC(=O)CCSC.Cl. The zero-order valence-electron chi connectivity index (χ0n) is 10.2. The number of rotatable bonds is 6. The first-order chi connectivity index (χ1) is 7.77. The molecule has 1 aromatic rings. The van der Waals surface area contributed by atoms with Crippen molar-refractivity contribution in [3.8, 4) is 0 Å². The van der Waals surface area contributed by atoms with Crippen LogP contribution in [0.1, 0.15) is 12.0 Å². The Balaban J connectivity index is 0.00000256. The van der Waals surface area contributed by atoms with Crippen LogP contribution in [-0.2, 0) is 11.3 Å². The molecule has 0 heterocycles. The van der Waals surface area contributed by atoms with Gasteiger partial charge in [0.15, 0.2) is 0 Å². The maximum Gasteiger partial charge on any atom is 0.225 e. The van der Waals surface area contributed by atoms with E-state index >= 15 is 0 Å². The molecule has 17 heavy (non-hydrogen) atoms. The maximum absolute atomic E-state index is 11.6. The second kappa shape index (κ2) is 9.33. The molecule has 0 bridgehead atoms. The van der Waals surface area contributed by atoms with Crippen molar-refractivity contribution in [3.05, 3.63) is 29.8 Å². The number of anilines is 1. The summed E-state index contributed by atoms with van der Waals surface area (Å²) in [5.41, 5.74) is 2.02. The summed E-state index contributed by atoms with van der Waals surface area (Å²) in [5.74, 6) is 0.943. The van der Waals surface area contributed by atoms with Crippen molar-refractivity contribution in [2.45, 2.75) is 13.0 Å². The largest absolute Gasteiger partial charge is 0.326 e. The third-order valence-electron chi connectivity index (χ3n) is 2.19. The third kappa shape index (κ3) is 5.96. The normalized spacial score (nSPS) is 9.53. The van der Waals surface area contributed by atoms with E-state index < -0.39 is 0 Å². The van der Waals surface area contributed by atoms with E-state index in [9.17, 15) is 4.79 Å². The topological polar surface area (TPSA) is 41.1 Å². The van der Waals surface area contributed by atoms with Crippen molar-refractivity contribution in [1.82, 2.24) is 5.32 Å². The van der Waals surface area contributed by atoms with E-state index in [1.54, 1.807) is 11.8 Å². The molecule has 0 unspecified atom stereocenters. The number of thioether (sulfide) groups is 1. The Morgan fingerprint density at radius 2 is 2.06 bits per heavy atom. The van der Waals surface area contributed by atoms with Crippen LogP contribution in [-0.4, -0.2) is 25.0 Å². The minimum atomic E-state index is 0. The Morgan fingerprint density at radius 1 is 1.35 bits per heavy atom. The van der Waals surface area contributed by atoms with Crippen LogP contribution in [0.5, 0.6) is 0 Å². The highest BCUT2D eigenvalue weighted by Gasteiger charge is 2.05. The van der Waals surface area contributed by atoms with Gasteiger partial charge in [0, 0.05) is 24.4 Å². The number of carbonyl (C=O) groups is 1. The molecule has 0 aliphatic carbocycles. The molecule has 0 radical (unpaired) electrons. The molecule has 0 fully saturated rings. The van der Waals surface area contributed by atoms with Gasteiger partial charge in [-0.1, -0.05) is 18.2 Å². The minimum absolute atomic E-state index is 0. The Hall–Kier alpha value is -0.710. The lowest BCUT2D eigenvalue weighted by Gasteiger charge is -2.10. The lowest BCUT2D eigenvalue weighted by molar-refractivity contribution is -0.115. The van der Waals surface area contributed by atoms with Gasteiger partial charge in [-0.05, 0) is 24.9 Å². The average Bonchev–Trinajstić information content (AvgIpc) is 2.29. The van der Waals surface area contributed by atoms with Crippen molar-refractivity contribution < 1.29 is 4.79 Å². The van der Waals surface area contributed by atoms with Crippen LogP contribution >= 0.6 is 24.2 Å². The second-order valence-electron chi connectivity index (χ2n) is 3.48. The first-order valence-corrected chi connectivity index (χ1v) is 6.68. The molecular weight excluding hydrogens is 256 g/mol. The summed E-state index contributed by atoms with van der Waals surface area (Å²) in [6.07, 6.45) is 2.57. The molecule has 0 aliphatic heterocycles. The van der Waals surface area contributed by atoms with Crippen molar-refractivity contribution in [2.75, 3.05) is 24.4 Å². The summed E-state index contributed by atoms with van der Waals surface area (Å²) in [6, 6.07) is 7.86. The molecule has 1 amide bonds. The van der Waals surface area contributed by atoms with Crippen LogP contribution in [0.2, 0.25) is 0 Å². The standard InChI is InChI=1S/C12H18N2OS.ClH/c1-13-9-10-5-3-4-6-11(10)14-12(15)7-8-16-2;/h3-6,13H,7-9H2,1-2H3,(H,14,15);1H. The second-order valence-corrected chi connectivity index (χ2v) is 4.46. The quantitative estimate of drug-likeness (QED) is 0.838. The number of hydrogen-bond donors (Lipinski definition) is 2. The Labute approximate surface area is 113 Å². The molecule has 2 N–H and O–H groups in total. The van der Waals surface area contributed by atoms with Crippen LogP contribution < -0.4 is 10.6 Å². The monoisotopic (exact) mass is 274 g/mol. The van der Waals surface area contributed by atoms with Gasteiger partial charge in [-0.2, -0.15) is 11.8 Å². The van der Waals surface area contributed by atoms with Gasteiger partial charge in [0.1, 0.15) is 0 Å². The lowest BCUT2D eigenvalue weighted by Crippen LogP contribution is -2.15. The molecule has 0 saturated carbocycles. The Bertz CT molecular complexity index is 347. The zero-order valence-corrected chi connectivity index (χ0v) is 11.8. The van der Waals surface area contributed by atoms with E-state index in [0.29, 0.717) is 6.42 Å². The number of carbonyl (C=O) groups excluding carboxylic acids is 1. The number of halogens is 1. The van der Waals surface area contributed by atoms with Crippen LogP contribution in [0.25, 0.3) is 0 Å². The van der Waals surface area contributed by atoms with Crippen LogP contribution in [0.15, 0.2) is 24.3 Å². The molecule has 0 atom stereocenters. The maximum atomic E-state index is 11.6. The highest BCUT2D eigenvalue weighted by atomic mass is 35.5. The van der Waals surface area contributed by atoms with E-state index in [2.05, 4.69) is 10.6 Å². The number of benzene rings is 1. The number of amides is 1. The minimum Gasteiger partial charge on any atom is -0.326 e. The molecule has 3 nitrogen and oxygen atoms in total. The fourth-order valence-corrected chi connectivity index (χ4v) is 1.78. The molecule has 0 aliphatic rings. The van der Waals surface area contributed by atoms with Crippen LogP contribution in [0.4, 0.5) is 5.69 Å². The fourth-order valence-electron chi connectivity index (χ4n) is 1.39. The predicted molar refractivity (Wildman–Crippen MR) is 78.1 cm³/mol. The van der Waals surface area contributed by atoms with E-state index in [0.717, 1.165) is 23.5 Å². The summed E-state index contributed by atoms with van der Waals surface area (Å²) in [7, 11) is 1.90. The first kappa shape index (κ1) is 16.3. The van der Waals surface area contributed by atoms with Crippen molar-refractivity contribution >= 4 is 35.8 Å². The molecule has 96 valence electrons. The van der Waals surface area contributed by atoms with Crippen molar-refractivity contribution in [2.24, 2.45) is 0 Å². The van der Waals surface area contributed by atoms with Gasteiger partial charge in [-0.3, -0.25) is 4.79 Å². The Kier molecular flexibility index (Phi) is 8.94. The van der Waals surface area contributed by atoms with E-state index in [4.69, 9.17) is 0 Å². The highest BCUT2D eigenvalue weighted by molar-refractivity contribution is 7.98. The molecule has 1 aromatic carbocycles. The lowest BCUT2D eigenvalue weighted by atomic mass is 10.1. The summed E-state index contributed by atoms with van der Waals surface area (Å²) >= 11 is 1.68. The Morgan fingerprint density at radius 3 is 2.71 bits per heavy atom. The number of hydrogen-bond acceptors (Lipinski definition) is 3. The van der Waals surface area contributed by atoms with Crippen molar-refractivity contribution in [3.63, 3.8) is 0 Å². The number of para-hydroxylation sites is 1. The summed E-state index contributed by atoms with van der Waals surface area (Å²) in [4.78, 5) is 11.6. The summed E-state index contributed by atoms with van der Waals surface area (Å²) in [5, 5.41) is 6.02. The summed E-state index contributed by atoms with van der Waals surface area (Å²) < 4.78 is 0. The van der Waals surface area contributed by atoms with Gasteiger partial charge in [0.2, 0.25) is 5.91 Å². The van der Waals surface area contributed by atoms with Crippen LogP contribution in [0.3, 0.4) is 0 Å². The molecule has 1 rings (SSSR count). The highest BCUT2D eigenvalue weighted by Crippen LogP contribution is 2.15. The third-order valence-corrected chi connectivity index (χ3v) is 2.80. The summed E-state index contributed by atoms with van der Waals surface area (Å²) in [6.45, 7) is 0.763. The van der Waals surface area contributed by atoms with Gasteiger partial charge in [0.25, 0.3) is 0 Å². The fraction of sp³-hybridized carbons (Fsp3) is 0.417. The molecule has 0 spiro atoms. The van der Waals surface area contributed by atoms with Gasteiger partial charge < -0.3 is 10.6 Å². The van der Waals surface area contributed by atoms with Crippen LogP contribution in [0, 0.1) is 0 Å². The van der Waals surface area contributed by atoms with Gasteiger partial charge in [-0.25, -0.2) is 0 Å². The van der Waals surface area contributed by atoms with Gasteiger partial charge in [-0.15, -0.1) is 12.4 Å². The molecule has 0 saturated heterocycles. The zero-order chi connectivity index (χ0) is 11.8. The van der Waals surface area contributed by atoms with E-state index in [-0.39, 0.29) is 18.3 Å². The predicted octanol–water partition coefficient (Wildman–Crippen LogP) is 2.52. The first-order valence-electron chi connectivity index (χ1n) is 5.29. The molecular formula is C12H19ClN2OS. The van der Waals surface area contributed by atoms with E-state index in [1.807, 2.05) is 37.6 Å². The number of nitrogens with one attached hydrogen (secondary N) is 2. The van der Waals surface area contributed by atoms with Gasteiger partial charge in [0.05, 0.1) is 0 Å². The molecule has 5 heteroatoms. The van der Waals surface area contributed by atoms with E-state index in [1.165, 1.54) is 0 Å². The van der Waals surface area contributed by atoms with Crippen molar-refractivity contribution in [1.29, 1.82) is 0 Å².